The van der Waals surface area contributed by atoms with E-state index in [0.29, 0.717) is 6.61 Å². The molecule has 2 aromatic rings. The van der Waals surface area contributed by atoms with Gasteiger partial charge >= 0.3 is 6.09 Å². The summed E-state index contributed by atoms with van der Waals surface area (Å²) in [5.74, 6) is -0.283. The Morgan fingerprint density at radius 3 is 2.00 bits per heavy atom. The number of rotatable bonds is 9. The minimum atomic E-state index is -0.908. The number of nitrogens with two attached hydrogens (primary N) is 1. The van der Waals surface area contributed by atoms with Crippen LogP contribution in [0.25, 0.3) is 0 Å². The normalized spacial score (nSPS) is 13.3. The predicted molar refractivity (Wildman–Crippen MR) is 149 cm³/mol. The molecule has 0 heterocycles. The summed E-state index contributed by atoms with van der Waals surface area (Å²) in [6.45, 7) is 13.3. The highest BCUT2D eigenvalue weighted by Crippen LogP contribution is 2.28. The molecule has 208 valence electrons. The lowest BCUT2D eigenvalue weighted by atomic mass is 9.84. The van der Waals surface area contributed by atoms with Crippen LogP contribution in [0.15, 0.2) is 48.5 Å². The molecule has 38 heavy (non-hydrogen) atoms. The Hall–Kier alpha value is -3.55. The van der Waals surface area contributed by atoms with Crippen molar-refractivity contribution in [1.29, 1.82) is 0 Å². The summed E-state index contributed by atoms with van der Waals surface area (Å²) in [4.78, 5) is 41.7. The molecule has 0 saturated carbocycles. The van der Waals surface area contributed by atoms with Gasteiger partial charge in [0.2, 0.25) is 11.8 Å². The van der Waals surface area contributed by atoms with Gasteiger partial charge in [-0.05, 0) is 55.9 Å². The highest BCUT2D eigenvalue weighted by Gasteiger charge is 2.42. The fourth-order valence-electron chi connectivity index (χ4n) is 4.29. The second-order valence-corrected chi connectivity index (χ2v) is 11.8. The molecule has 2 rings (SSSR count). The number of aryl methyl sites for hydroxylation is 1. The van der Waals surface area contributed by atoms with E-state index in [2.05, 4.69) is 0 Å². The maximum absolute atomic E-state index is 13.7. The topological polar surface area (TPSA) is 102 Å². The van der Waals surface area contributed by atoms with Gasteiger partial charge in [0.1, 0.15) is 30.0 Å². The van der Waals surface area contributed by atoms with Crippen molar-refractivity contribution >= 4 is 17.9 Å². The van der Waals surface area contributed by atoms with E-state index in [0.717, 1.165) is 22.4 Å². The van der Waals surface area contributed by atoms with Crippen molar-refractivity contribution in [3.63, 3.8) is 0 Å². The first-order valence-corrected chi connectivity index (χ1v) is 12.8. The molecule has 0 aliphatic heterocycles. The summed E-state index contributed by atoms with van der Waals surface area (Å²) >= 11 is 0. The van der Waals surface area contributed by atoms with Gasteiger partial charge in [-0.15, -0.1) is 0 Å². The Morgan fingerprint density at radius 2 is 1.50 bits per heavy atom. The monoisotopic (exact) mass is 525 g/mol. The zero-order valence-electron chi connectivity index (χ0n) is 24.2. The zero-order chi connectivity index (χ0) is 28.8. The summed E-state index contributed by atoms with van der Waals surface area (Å²) in [7, 11) is 3.08. The number of carbonyl (C=O) groups is 3. The number of primary amides is 1. The molecule has 0 aliphatic carbocycles. The molecule has 0 bridgehead atoms. The van der Waals surface area contributed by atoms with Crippen LogP contribution < -0.4 is 10.5 Å². The van der Waals surface area contributed by atoms with Crippen molar-refractivity contribution < 1.29 is 23.9 Å². The molecule has 0 unspecified atom stereocenters. The van der Waals surface area contributed by atoms with Crippen LogP contribution in [0.2, 0.25) is 0 Å². The van der Waals surface area contributed by atoms with Gasteiger partial charge in [0.05, 0.1) is 0 Å². The lowest BCUT2D eigenvalue weighted by Crippen LogP contribution is -2.59. The molecule has 2 atom stereocenters. The van der Waals surface area contributed by atoms with Crippen LogP contribution >= 0.6 is 0 Å². The first kappa shape index (κ1) is 30.7. The fourth-order valence-corrected chi connectivity index (χ4v) is 4.29. The van der Waals surface area contributed by atoms with Gasteiger partial charge in [-0.25, -0.2) is 4.79 Å². The molecule has 0 saturated heterocycles. The third kappa shape index (κ3) is 8.50. The third-order valence-corrected chi connectivity index (χ3v) is 6.17. The first-order chi connectivity index (χ1) is 17.5. The number of ether oxygens (including phenoxy) is 2. The molecule has 0 aromatic heterocycles. The van der Waals surface area contributed by atoms with Gasteiger partial charge in [-0.2, -0.15) is 0 Å². The maximum atomic E-state index is 13.7. The lowest BCUT2D eigenvalue weighted by molar-refractivity contribution is -0.144. The predicted octanol–water partition coefficient (Wildman–Crippen LogP) is 4.71. The summed E-state index contributed by atoms with van der Waals surface area (Å²) in [6.07, 6.45) is -0.388. The van der Waals surface area contributed by atoms with E-state index in [4.69, 9.17) is 15.2 Å². The second kappa shape index (κ2) is 12.3. The smallest absolute Gasteiger partial charge is 0.410 e. The van der Waals surface area contributed by atoms with Gasteiger partial charge in [-0.3, -0.25) is 14.5 Å². The lowest BCUT2D eigenvalue weighted by Gasteiger charge is -2.40. The van der Waals surface area contributed by atoms with Crippen molar-refractivity contribution in [2.24, 2.45) is 11.1 Å². The van der Waals surface area contributed by atoms with E-state index in [1.54, 1.807) is 27.8 Å². The number of hydrogen-bond donors (Lipinski definition) is 1. The van der Waals surface area contributed by atoms with Gasteiger partial charge in [0, 0.05) is 20.5 Å². The van der Waals surface area contributed by atoms with E-state index in [9.17, 15) is 14.4 Å². The molecule has 0 fully saturated rings. The zero-order valence-corrected chi connectivity index (χ0v) is 24.2. The Labute approximate surface area is 227 Å². The number of likely N-dealkylation sites (N-methyl/N-ethyl adjacent to an activating group) is 2. The highest BCUT2D eigenvalue weighted by atomic mass is 16.6. The number of nitrogens with zero attached hydrogens (tertiary/aromatic N) is 2. The van der Waals surface area contributed by atoms with Crippen LogP contribution in [-0.2, 0) is 27.4 Å². The summed E-state index contributed by atoms with van der Waals surface area (Å²) in [5.41, 5.74) is 7.24. The third-order valence-electron chi connectivity index (χ3n) is 6.17. The van der Waals surface area contributed by atoms with E-state index in [-0.39, 0.29) is 6.42 Å². The Kier molecular flexibility index (Phi) is 9.95. The highest BCUT2D eigenvalue weighted by molar-refractivity contribution is 5.91. The van der Waals surface area contributed by atoms with Gasteiger partial charge < -0.3 is 20.1 Å². The molecule has 8 heteroatoms. The molecule has 0 aliphatic rings. The average Bonchev–Trinajstić information content (AvgIpc) is 2.80. The Bertz CT molecular complexity index is 1120. The number of amides is 3. The largest absolute Gasteiger partial charge is 0.489 e. The quantitative estimate of drug-likeness (QED) is 0.511. The van der Waals surface area contributed by atoms with Crippen LogP contribution in [0.1, 0.15) is 58.2 Å². The summed E-state index contributed by atoms with van der Waals surface area (Å²) < 4.78 is 11.5. The molecule has 3 amide bonds. The average molecular weight is 526 g/mol. The van der Waals surface area contributed by atoms with E-state index in [1.165, 1.54) is 16.8 Å². The van der Waals surface area contributed by atoms with Crippen LogP contribution in [0.4, 0.5) is 4.79 Å². The molecule has 0 spiro atoms. The number of hydrogen-bond acceptors (Lipinski definition) is 5. The maximum Gasteiger partial charge on any atom is 0.410 e. The molecule has 2 aromatic carbocycles. The van der Waals surface area contributed by atoms with Crippen molar-refractivity contribution in [3.05, 3.63) is 65.2 Å². The second-order valence-electron chi connectivity index (χ2n) is 11.8. The first-order valence-electron chi connectivity index (χ1n) is 12.8. The standard InChI is InChI=1S/C30H43N3O5/c1-20-17-22(15-16-24(20)37-19-21-13-11-10-12-14-21)18-23(26(31)34)32(8)27(35)25(29(2,3)4)33(9)28(36)38-30(5,6)7/h10-17,23,25H,18-19H2,1-9H3,(H2,31,34)/t23-,25+/m0/s1. The summed E-state index contributed by atoms with van der Waals surface area (Å²) in [5, 5.41) is 0. The number of benzene rings is 2. The van der Waals surface area contributed by atoms with Crippen molar-refractivity contribution in [2.75, 3.05) is 14.1 Å². The van der Waals surface area contributed by atoms with E-state index >= 15 is 0 Å². The van der Waals surface area contributed by atoms with Crippen LogP contribution in [0.3, 0.4) is 0 Å². The number of carbonyl (C=O) groups excluding carboxylic acids is 3. The Balaban J connectivity index is 2.22. The van der Waals surface area contributed by atoms with Crippen molar-refractivity contribution in [2.45, 2.75) is 79.2 Å². The van der Waals surface area contributed by atoms with Gasteiger partial charge in [0.25, 0.3) is 0 Å². The van der Waals surface area contributed by atoms with Crippen molar-refractivity contribution in [3.8, 4) is 5.75 Å². The fraction of sp³-hybridized carbons (Fsp3) is 0.500. The van der Waals surface area contributed by atoms with Crippen LogP contribution in [-0.4, -0.2) is 59.5 Å². The van der Waals surface area contributed by atoms with Crippen LogP contribution in [0, 0.1) is 12.3 Å². The molecular weight excluding hydrogens is 482 g/mol. The molecular formula is C30H43N3O5. The SMILES string of the molecule is Cc1cc(C[C@@H](C(N)=O)N(C)C(=O)[C@@H](N(C)C(=O)OC(C)(C)C)C(C)(C)C)ccc1OCc1ccccc1. The van der Waals surface area contributed by atoms with E-state index < -0.39 is 41.0 Å². The molecule has 2 N–H and O–H groups in total. The van der Waals surface area contributed by atoms with E-state index in [1.807, 2.05) is 76.2 Å². The molecule has 8 nitrogen and oxygen atoms in total. The van der Waals surface area contributed by atoms with Crippen LogP contribution in [0.5, 0.6) is 5.75 Å². The minimum Gasteiger partial charge on any atom is -0.489 e. The molecule has 0 radical (unpaired) electrons. The Morgan fingerprint density at radius 1 is 0.895 bits per heavy atom. The summed E-state index contributed by atoms with van der Waals surface area (Å²) in [6, 6.07) is 13.8. The van der Waals surface area contributed by atoms with Gasteiger partial charge in [-0.1, -0.05) is 63.2 Å². The van der Waals surface area contributed by atoms with Gasteiger partial charge in [0.15, 0.2) is 0 Å². The minimum absolute atomic E-state index is 0.227. The van der Waals surface area contributed by atoms with Crippen molar-refractivity contribution in [1.82, 2.24) is 9.80 Å².